The second kappa shape index (κ2) is 5.98. The van der Waals surface area contributed by atoms with E-state index < -0.39 is 18.0 Å². The first-order valence-electron chi connectivity index (χ1n) is 6.38. The molecule has 1 aliphatic rings. The van der Waals surface area contributed by atoms with Crippen LogP contribution in [-0.4, -0.2) is 74.2 Å². The number of hydrogen-bond acceptors (Lipinski definition) is 5. The van der Waals surface area contributed by atoms with Crippen LogP contribution in [0.1, 0.15) is 20.3 Å². The molecular weight excluding hydrogens is 248 g/mol. The molecule has 1 rings (SSSR count). The molecule has 0 aliphatic carbocycles. The summed E-state index contributed by atoms with van der Waals surface area (Å²) in [6, 6.07) is 0. The third-order valence-electron chi connectivity index (χ3n) is 2.90. The number of amides is 1. The van der Waals surface area contributed by atoms with Crippen molar-refractivity contribution in [2.75, 3.05) is 34.7 Å². The first-order chi connectivity index (χ1) is 8.64. The standard InChI is InChI=1S/C13H24N2O4/c1-13(2)18-10(9(16)7-8-14(3)4)11(19-13)12(17)15(5)6/h10-11H,7-8H2,1-6H3/t10-,11+/m0/s1. The highest BCUT2D eigenvalue weighted by Gasteiger charge is 2.48. The van der Waals surface area contributed by atoms with Gasteiger partial charge in [-0.1, -0.05) is 0 Å². The van der Waals surface area contributed by atoms with Crippen molar-refractivity contribution in [3.8, 4) is 0 Å². The lowest BCUT2D eigenvalue weighted by Gasteiger charge is -2.19. The van der Waals surface area contributed by atoms with Crippen LogP contribution in [0.15, 0.2) is 0 Å². The van der Waals surface area contributed by atoms with Gasteiger partial charge >= 0.3 is 0 Å². The predicted molar refractivity (Wildman–Crippen MR) is 70.7 cm³/mol. The Bertz CT molecular complexity index is 353. The van der Waals surface area contributed by atoms with E-state index in [0.717, 1.165) is 0 Å². The number of nitrogens with zero attached hydrogens (tertiary/aromatic N) is 2. The average molecular weight is 272 g/mol. The van der Waals surface area contributed by atoms with E-state index in [1.807, 2.05) is 19.0 Å². The zero-order valence-electron chi connectivity index (χ0n) is 12.6. The Labute approximate surface area is 114 Å². The van der Waals surface area contributed by atoms with Crippen LogP contribution in [0, 0.1) is 0 Å². The van der Waals surface area contributed by atoms with E-state index in [2.05, 4.69) is 0 Å². The summed E-state index contributed by atoms with van der Waals surface area (Å²) in [5.74, 6) is -1.25. The highest BCUT2D eigenvalue weighted by molar-refractivity contribution is 5.92. The number of hydrogen-bond donors (Lipinski definition) is 0. The van der Waals surface area contributed by atoms with E-state index in [4.69, 9.17) is 9.47 Å². The zero-order chi connectivity index (χ0) is 14.8. The van der Waals surface area contributed by atoms with Gasteiger partial charge in [0.1, 0.15) is 0 Å². The number of likely N-dealkylation sites (N-methyl/N-ethyl adjacent to an activating group) is 1. The largest absolute Gasteiger partial charge is 0.346 e. The normalized spacial score (nSPS) is 25.6. The minimum Gasteiger partial charge on any atom is -0.346 e. The minimum absolute atomic E-state index is 0.0977. The second-order valence-corrected chi connectivity index (χ2v) is 5.73. The van der Waals surface area contributed by atoms with Crippen LogP contribution < -0.4 is 0 Å². The summed E-state index contributed by atoms with van der Waals surface area (Å²) in [5, 5.41) is 0. The van der Waals surface area contributed by atoms with E-state index in [1.54, 1.807) is 27.9 Å². The first kappa shape index (κ1) is 16.1. The number of rotatable bonds is 5. The molecule has 1 amide bonds. The second-order valence-electron chi connectivity index (χ2n) is 5.73. The van der Waals surface area contributed by atoms with Crippen molar-refractivity contribution < 1.29 is 19.1 Å². The van der Waals surface area contributed by atoms with E-state index in [1.165, 1.54) is 4.90 Å². The molecule has 0 aromatic carbocycles. The molecule has 6 nitrogen and oxygen atoms in total. The molecule has 0 bridgehead atoms. The first-order valence-corrected chi connectivity index (χ1v) is 6.38. The van der Waals surface area contributed by atoms with Gasteiger partial charge in [-0.2, -0.15) is 0 Å². The molecule has 0 aromatic rings. The number of Topliss-reactive ketones (excluding diaryl/α,β-unsaturated/α-hetero) is 1. The van der Waals surface area contributed by atoms with Crippen LogP contribution in [-0.2, 0) is 19.1 Å². The molecule has 0 saturated carbocycles. The summed E-state index contributed by atoms with van der Waals surface area (Å²) in [4.78, 5) is 27.6. The van der Waals surface area contributed by atoms with Crippen LogP contribution in [0.3, 0.4) is 0 Å². The van der Waals surface area contributed by atoms with Gasteiger partial charge in [0.2, 0.25) is 0 Å². The van der Waals surface area contributed by atoms with E-state index in [9.17, 15) is 9.59 Å². The molecule has 0 aromatic heterocycles. The molecule has 0 N–H and O–H groups in total. The van der Waals surface area contributed by atoms with Crippen LogP contribution >= 0.6 is 0 Å². The van der Waals surface area contributed by atoms with Gasteiger partial charge in [-0.05, 0) is 27.9 Å². The summed E-state index contributed by atoms with van der Waals surface area (Å²) in [6.07, 6.45) is -1.32. The van der Waals surface area contributed by atoms with Gasteiger partial charge in [0.15, 0.2) is 23.8 Å². The third-order valence-corrected chi connectivity index (χ3v) is 2.90. The Morgan fingerprint density at radius 1 is 1.05 bits per heavy atom. The molecule has 1 saturated heterocycles. The van der Waals surface area contributed by atoms with E-state index >= 15 is 0 Å². The van der Waals surface area contributed by atoms with Crippen molar-refractivity contribution in [2.45, 2.75) is 38.3 Å². The monoisotopic (exact) mass is 272 g/mol. The number of ether oxygens (including phenoxy) is 2. The highest BCUT2D eigenvalue weighted by atomic mass is 16.8. The van der Waals surface area contributed by atoms with Gasteiger partial charge in [0.25, 0.3) is 5.91 Å². The smallest absolute Gasteiger partial charge is 0.254 e. The Kier molecular flexibility index (Phi) is 5.06. The summed E-state index contributed by atoms with van der Waals surface area (Å²) in [6.45, 7) is 4.05. The maximum absolute atomic E-state index is 12.2. The van der Waals surface area contributed by atoms with Crippen molar-refractivity contribution in [1.82, 2.24) is 9.80 Å². The van der Waals surface area contributed by atoms with Crippen molar-refractivity contribution in [3.05, 3.63) is 0 Å². The zero-order valence-corrected chi connectivity index (χ0v) is 12.6. The van der Waals surface area contributed by atoms with Gasteiger partial charge in [0, 0.05) is 27.1 Å². The highest BCUT2D eigenvalue weighted by Crippen LogP contribution is 2.30. The van der Waals surface area contributed by atoms with E-state index in [0.29, 0.717) is 13.0 Å². The van der Waals surface area contributed by atoms with Crippen LogP contribution in [0.5, 0.6) is 0 Å². The number of carbonyl (C=O) groups excluding carboxylic acids is 2. The fourth-order valence-corrected chi connectivity index (χ4v) is 1.91. The van der Waals surface area contributed by atoms with Crippen molar-refractivity contribution in [3.63, 3.8) is 0 Å². The molecule has 110 valence electrons. The summed E-state index contributed by atoms with van der Waals surface area (Å²) >= 11 is 0. The fraction of sp³-hybridized carbons (Fsp3) is 0.846. The van der Waals surface area contributed by atoms with Crippen LogP contribution in [0.25, 0.3) is 0 Å². The Hall–Kier alpha value is -0.980. The molecule has 0 radical (unpaired) electrons. The number of carbonyl (C=O) groups is 2. The quantitative estimate of drug-likeness (QED) is 0.711. The molecule has 2 atom stereocenters. The van der Waals surface area contributed by atoms with E-state index in [-0.39, 0.29) is 11.7 Å². The third kappa shape index (κ3) is 4.26. The minimum atomic E-state index is -0.908. The Morgan fingerprint density at radius 2 is 1.58 bits per heavy atom. The van der Waals surface area contributed by atoms with Crippen LogP contribution in [0.4, 0.5) is 0 Å². The molecule has 0 unspecified atom stereocenters. The predicted octanol–water partition coefficient (Wildman–Crippen LogP) is 0.116. The van der Waals surface area contributed by atoms with Gasteiger partial charge in [-0.3, -0.25) is 9.59 Å². The lowest BCUT2D eigenvalue weighted by atomic mass is 10.1. The summed E-state index contributed by atoms with van der Waals surface area (Å²) in [7, 11) is 7.06. The van der Waals surface area contributed by atoms with Crippen LogP contribution in [0.2, 0.25) is 0 Å². The number of ketones is 1. The van der Waals surface area contributed by atoms with Crippen molar-refractivity contribution >= 4 is 11.7 Å². The van der Waals surface area contributed by atoms with Crippen molar-refractivity contribution in [2.24, 2.45) is 0 Å². The summed E-state index contributed by atoms with van der Waals surface area (Å²) in [5.41, 5.74) is 0. The SMILES string of the molecule is CN(C)CCC(=O)[C@@H]1OC(C)(C)O[C@H]1C(=O)N(C)C. The Morgan fingerprint density at radius 3 is 2.05 bits per heavy atom. The van der Waals surface area contributed by atoms with Crippen molar-refractivity contribution in [1.29, 1.82) is 0 Å². The lowest BCUT2D eigenvalue weighted by molar-refractivity contribution is -0.161. The van der Waals surface area contributed by atoms with Gasteiger partial charge in [0.05, 0.1) is 0 Å². The van der Waals surface area contributed by atoms with Gasteiger partial charge in [-0.25, -0.2) is 0 Å². The average Bonchev–Trinajstić information content (AvgIpc) is 2.61. The molecule has 1 aliphatic heterocycles. The van der Waals surface area contributed by atoms with Gasteiger partial charge < -0.3 is 19.3 Å². The molecular formula is C13H24N2O4. The lowest BCUT2D eigenvalue weighted by Crippen LogP contribution is -2.43. The maximum atomic E-state index is 12.2. The summed E-state index contributed by atoms with van der Waals surface area (Å²) < 4.78 is 11.2. The molecule has 6 heteroatoms. The fourth-order valence-electron chi connectivity index (χ4n) is 1.91. The molecule has 1 fully saturated rings. The Balaban J connectivity index is 2.77. The molecule has 19 heavy (non-hydrogen) atoms. The topological polar surface area (TPSA) is 59.1 Å². The maximum Gasteiger partial charge on any atom is 0.254 e. The molecule has 1 heterocycles. The molecule has 0 spiro atoms. The van der Waals surface area contributed by atoms with Gasteiger partial charge in [-0.15, -0.1) is 0 Å².